The van der Waals surface area contributed by atoms with Crippen molar-refractivity contribution in [3.8, 4) is 5.75 Å². The maximum absolute atomic E-state index is 11.0. The predicted molar refractivity (Wildman–Crippen MR) is 70.8 cm³/mol. The van der Waals surface area contributed by atoms with Gasteiger partial charge in [-0.3, -0.25) is 4.79 Å². The minimum absolute atomic E-state index is 0.313. The van der Waals surface area contributed by atoms with E-state index in [1.54, 1.807) is 20.1 Å². The van der Waals surface area contributed by atoms with Gasteiger partial charge in [0.2, 0.25) is 0 Å². The molecule has 94 valence electrons. The van der Waals surface area contributed by atoms with Crippen LogP contribution in [0.15, 0.2) is 16.6 Å². The zero-order valence-electron chi connectivity index (χ0n) is 10.5. The van der Waals surface area contributed by atoms with E-state index in [1.807, 2.05) is 6.07 Å². The van der Waals surface area contributed by atoms with E-state index in [1.165, 1.54) is 0 Å². The van der Waals surface area contributed by atoms with Crippen molar-refractivity contribution in [3.63, 3.8) is 0 Å². The number of halogens is 1. The lowest BCUT2D eigenvalue weighted by Gasteiger charge is -2.17. The number of carbonyl (C=O) groups is 1. The molecular weight excluding hydrogens is 284 g/mol. The molecule has 4 heteroatoms. The first-order valence-corrected chi connectivity index (χ1v) is 6.27. The molecule has 0 fully saturated rings. The SMILES string of the molecule is COc1cc(C(C)C(=O)O)cc(Br)c1C(C)C. The Hall–Kier alpha value is -1.03. The lowest BCUT2D eigenvalue weighted by atomic mass is 9.95. The van der Waals surface area contributed by atoms with Crippen LogP contribution in [0.2, 0.25) is 0 Å². The van der Waals surface area contributed by atoms with Crippen molar-refractivity contribution in [2.24, 2.45) is 0 Å². The number of hydrogen-bond donors (Lipinski definition) is 1. The predicted octanol–water partition coefficient (Wildman–Crippen LogP) is 3.77. The van der Waals surface area contributed by atoms with Crippen LogP contribution in [0.25, 0.3) is 0 Å². The number of carboxylic acids is 1. The average molecular weight is 301 g/mol. The molecule has 1 N–H and O–H groups in total. The summed E-state index contributed by atoms with van der Waals surface area (Å²) >= 11 is 3.48. The van der Waals surface area contributed by atoms with E-state index in [0.29, 0.717) is 5.92 Å². The molecule has 0 heterocycles. The van der Waals surface area contributed by atoms with Crippen molar-refractivity contribution >= 4 is 21.9 Å². The molecule has 0 spiro atoms. The first-order valence-electron chi connectivity index (χ1n) is 5.48. The first-order chi connectivity index (χ1) is 7.88. The van der Waals surface area contributed by atoms with Crippen LogP contribution in [0.5, 0.6) is 5.75 Å². The van der Waals surface area contributed by atoms with E-state index in [-0.39, 0.29) is 0 Å². The van der Waals surface area contributed by atoms with Crippen LogP contribution < -0.4 is 4.74 Å². The lowest BCUT2D eigenvalue weighted by molar-refractivity contribution is -0.138. The Morgan fingerprint density at radius 1 is 1.35 bits per heavy atom. The second-order valence-electron chi connectivity index (χ2n) is 4.33. The number of hydrogen-bond acceptors (Lipinski definition) is 2. The van der Waals surface area contributed by atoms with Crippen molar-refractivity contribution in [2.45, 2.75) is 32.6 Å². The summed E-state index contributed by atoms with van der Waals surface area (Å²) in [5.74, 6) is -0.330. The van der Waals surface area contributed by atoms with Crippen LogP contribution in [-0.4, -0.2) is 18.2 Å². The third-order valence-electron chi connectivity index (χ3n) is 2.78. The summed E-state index contributed by atoms with van der Waals surface area (Å²) in [7, 11) is 1.60. The third-order valence-corrected chi connectivity index (χ3v) is 3.44. The molecule has 0 aromatic heterocycles. The van der Waals surface area contributed by atoms with Crippen molar-refractivity contribution < 1.29 is 14.6 Å². The highest BCUT2D eigenvalue weighted by Crippen LogP contribution is 2.36. The van der Waals surface area contributed by atoms with Crippen LogP contribution >= 0.6 is 15.9 Å². The van der Waals surface area contributed by atoms with Gasteiger partial charge in [0.05, 0.1) is 13.0 Å². The van der Waals surface area contributed by atoms with Gasteiger partial charge >= 0.3 is 5.97 Å². The number of aliphatic carboxylic acids is 1. The molecule has 1 rings (SSSR count). The van der Waals surface area contributed by atoms with Crippen molar-refractivity contribution in [1.82, 2.24) is 0 Å². The van der Waals surface area contributed by atoms with Gasteiger partial charge in [-0.2, -0.15) is 0 Å². The maximum Gasteiger partial charge on any atom is 0.310 e. The molecule has 0 bridgehead atoms. The topological polar surface area (TPSA) is 46.5 Å². The monoisotopic (exact) mass is 300 g/mol. The van der Waals surface area contributed by atoms with E-state index >= 15 is 0 Å². The highest BCUT2D eigenvalue weighted by atomic mass is 79.9. The van der Waals surface area contributed by atoms with Crippen molar-refractivity contribution in [1.29, 1.82) is 0 Å². The summed E-state index contributed by atoms with van der Waals surface area (Å²) in [5.41, 5.74) is 1.81. The molecule has 1 unspecified atom stereocenters. The standard InChI is InChI=1S/C13H17BrO3/c1-7(2)12-10(14)5-9(6-11(12)17-4)8(3)13(15)16/h5-8H,1-4H3,(H,15,16). The van der Waals surface area contributed by atoms with Crippen LogP contribution in [-0.2, 0) is 4.79 Å². The molecule has 1 aromatic rings. The van der Waals surface area contributed by atoms with E-state index < -0.39 is 11.9 Å². The number of methoxy groups -OCH3 is 1. The summed E-state index contributed by atoms with van der Waals surface area (Å²) < 4.78 is 6.23. The molecule has 0 saturated carbocycles. The Morgan fingerprint density at radius 3 is 2.35 bits per heavy atom. The Morgan fingerprint density at radius 2 is 1.94 bits per heavy atom. The lowest BCUT2D eigenvalue weighted by Crippen LogP contribution is -2.08. The molecule has 0 aliphatic heterocycles. The number of rotatable bonds is 4. The fourth-order valence-corrected chi connectivity index (χ4v) is 2.65. The normalized spacial score (nSPS) is 12.6. The number of ether oxygens (including phenoxy) is 1. The van der Waals surface area contributed by atoms with Crippen molar-refractivity contribution in [2.75, 3.05) is 7.11 Å². The zero-order valence-corrected chi connectivity index (χ0v) is 12.0. The number of benzene rings is 1. The van der Waals surface area contributed by atoms with E-state index in [0.717, 1.165) is 21.3 Å². The molecule has 0 saturated heterocycles. The van der Waals surface area contributed by atoms with E-state index in [4.69, 9.17) is 9.84 Å². The van der Waals surface area contributed by atoms with Gasteiger partial charge in [-0.05, 0) is 30.5 Å². The van der Waals surface area contributed by atoms with Crippen LogP contribution in [0, 0.1) is 0 Å². The van der Waals surface area contributed by atoms with Gasteiger partial charge in [0.15, 0.2) is 0 Å². The molecule has 0 aliphatic carbocycles. The molecule has 1 aromatic carbocycles. The van der Waals surface area contributed by atoms with Gasteiger partial charge in [0.1, 0.15) is 5.75 Å². The minimum Gasteiger partial charge on any atom is -0.496 e. The fourth-order valence-electron chi connectivity index (χ4n) is 1.73. The molecular formula is C13H17BrO3. The van der Waals surface area contributed by atoms with Crippen LogP contribution in [0.4, 0.5) is 0 Å². The zero-order chi connectivity index (χ0) is 13.2. The molecule has 1 atom stereocenters. The van der Waals surface area contributed by atoms with E-state index in [9.17, 15) is 4.79 Å². The third kappa shape index (κ3) is 3.00. The van der Waals surface area contributed by atoms with Gasteiger partial charge < -0.3 is 9.84 Å². The highest BCUT2D eigenvalue weighted by Gasteiger charge is 2.19. The maximum atomic E-state index is 11.0. The summed E-state index contributed by atoms with van der Waals surface area (Å²) in [6.07, 6.45) is 0. The largest absolute Gasteiger partial charge is 0.496 e. The summed E-state index contributed by atoms with van der Waals surface area (Å²) in [5, 5.41) is 9.01. The molecule has 0 aliphatic rings. The summed E-state index contributed by atoms with van der Waals surface area (Å²) in [6, 6.07) is 3.66. The van der Waals surface area contributed by atoms with E-state index in [2.05, 4.69) is 29.8 Å². The Balaban J connectivity index is 3.31. The number of carboxylic acid groups (broad SMARTS) is 1. The van der Waals surface area contributed by atoms with Crippen LogP contribution in [0.3, 0.4) is 0 Å². The van der Waals surface area contributed by atoms with Gasteiger partial charge in [0.25, 0.3) is 0 Å². The molecule has 3 nitrogen and oxygen atoms in total. The second kappa shape index (κ2) is 5.54. The van der Waals surface area contributed by atoms with Crippen LogP contribution in [0.1, 0.15) is 43.7 Å². The van der Waals surface area contributed by atoms with Gasteiger partial charge in [-0.25, -0.2) is 0 Å². The molecule has 0 amide bonds. The second-order valence-corrected chi connectivity index (χ2v) is 5.19. The summed E-state index contributed by atoms with van der Waals surface area (Å²) in [6.45, 7) is 5.81. The van der Waals surface area contributed by atoms with Crippen molar-refractivity contribution in [3.05, 3.63) is 27.7 Å². The Kier molecular flexibility index (Phi) is 4.57. The quantitative estimate of drug-likeness (QED) is 0.921. The average Bonchev–Trinajstić information content (AvgIpc) is 2.25. The highest BCUT2D eigenvalue weighted by molar-refractivity contribution is 9.10. The Bertz CT molecular complexity index is 427. The Labute approximate surface area is 110 Å². The van der Waals surface area contributed by atoms with Gasteiger partial charge in [-0.1, -0.05) is 29.8 Å². The minimum atomic E-state index is -0.837. The van der Waals surface area contributed by atoms with Gasteiger partial charge in [0, 0.05) is 10.0 Å². The smallest absolute Gasteiger partial charge is 0.310 e. The van der Waals surface area contributed by atoms with Gasteiger partial charge in [-0.15, -0.1) is 0 Å². The summed E-state index contributed by atoms with van der Waals surface area (Å²) in [4.78, 5) is 11.0. The molecule has 0 radical (unpaired) electrons. The fraction of sp³-hybridized carbons (Fsp3) is 0.462. The first kappa shape index (κ1) is 14.0. The molecule has 17 heavy (non-hydrogen) atoms.